The van der Waals surface area contributed by atoms with E-state index in [4.69, 9.17) is 0 Å². The smallest absolute Gasteiger partial charge is 0.243 e. The molecule has 0 aliphatic heterocycles. The molecule has 0 aliphatic rings. The van der Waals surface area contributed by atoms with E-state index < -0.39 is 41.8 Å². The van der Waals surface area contributed by atoms with Crippen molar-refractivity contribution in [3.63, 3.8) is 0 Å². The molecule has 0 radical (unpaired) electrons. The van der Waals surface area contributed by atoms with Gasteiger partial charge in [-0.1, -0.05) is 104 Å². The number of hydrogen-bond donors (Lipinski definition) is 6. The van der Waals surface area contributed by atoms with Crippen molar-refractivity contribution in [2.75, 3.05) is 13.6 Å². The average Bonchev–Trinajstić information content (AvgIpc) is 3.56. The Morgan fingerprint density at radius 2 is 1.33 bits per heavy atom. The second-order valence-electron chi connectivity index (χ2n) is 12.4. The fraction of sp³-hybridized carbons (Fsp3) is 0.765. The molecule has 0 spiro atoms. The number of H-pyrrole nitrogens is 1. The van der Waals surface area contributed by atoms with Crippen LogP contribution in [0.4, 0.5) is 0 Å². The Bertz CT molecular complexity index is 1020. The highest BCUT2D eigenvalue weighted by atomic mass is 16.2. The third-order valence-corrected chi connectivity index (χ3v) is 8.36. The molecule has 1 aromatic rings. The number of amides is 5. The zero-order valence-corrected chi connectivity index (χ0v) is 29.0. The van der Waals surface area contributed by atoms with Crippen LogP contribution >= 0.6 is 0 Å². The maximum Gasteiger partial charge on any atom is 0.243 e. The van der Waals surface area contributed by atoms with Crippen molar-refractivity contribution in [3.05, 3.63) is 18.2 Å². The number of rotatable bonds is 26. The van der Waals surface area contributed by atoms with E-state index in [9.17, 15) is 24.0 Å². The molecule has 0 bridgehead atoms. The van der Waals surface area contributed by atoms with Crippen molar-refractivity contribution >= 4 is 29.5 Å². The van der Waals surface area contributed by atoms with E-state index in [1.54, 1.807) is 6.20 Å². The molecule has 1 rings (SSSR count). The summed E-state index contributed by atoms with van der Waals surface area (Å²) in [5.74, 6) is -2.26. The van der Waals surface area contributed by atoms with Crippen molar-refractivity contribution < 1.29 is 24.0 Å². The summed E-state index contributed by atoms with van der Waals surface area (Å²) in [6, 6.07) is -2.58. The number of aromatic nitrogens is 2. The van der Waals surface area contributed by atoms with Gasteiger partial charge in [-0.3, -0.25) is 24.0 Å². The van der Waals surface area contributed by atoms with Gasteiger partial charge in [-0.2, -0.15) is 0 Å². The first kappa shape index (κ1) is 40.6. The molecule has 1 aromatic heterocycles. The average molecular weight is 648 g/mol. The van der Waals surface area contributed by atoms with Gasteiger partial charge in [-0.15, -0.1) is 0 Å². The SMILES string of the molecule is CCCCCCCCCCCCCCCC(=O)N[C@H](C(=O)N[C@@H](C)C(=O)NCC(=O)N[C@@H](Cc1c[nH]cn1)C(=O)NC)[C@@H](C)CC. The van der Waals surface area contributed by atoms with Crippen molar-refractivity contribution in [1.29, 1.82) is 0 Å². The fourth-order valence-corrected chi connectivity index (χ4v) is 5.18. The summed E-state index contributed by atoms with van der Waals surface area (Å²) in [6.07, 6.45) is 20.3. The molecule has 0 aromatic carbocycles. The molecule has 0 saturated heterocycles. The lowest BCUT2D eigenvalue weighted by Gasteiger charge is -2.25. The molecule has 12 nitrogen and oxygen atoms in total. The maximum atomic E-state index is 13.1. The van der Waals surface area contributed by atoms with E-state index in [0.29, 0.717) is 18.5 Å². The van der Waals surface area contributed by atoms with E-state index in [2.05, 4.69) is 43.5 Å². The topological polar surface area (TPSA) is 174 Å². The second-order valence-corrected chi connectivity index (χ2v) is 12.4. The minimum absolute atomic E-state index is 0.132. The second kappa shape index (κ2) is 24.7. The molecule has 6 N–H and O–H groups in total. The first-order valence-electron chi connectivity index (χ1n) is 17.5. The largest absolute Gasteiger partial charge is 0.357 e. The third kappa shape index (κ3) is 17.9. The zero-order chi connectivity index (χ0) is 34.2. The van der Waals surface area contributed by atoms with Crippen molar-refractivity contribution in [2.24, 2.45) is 5.92 Å². The Balaban J connectivity index is 2.38. The quantitative estimate of drug-likeness (QED) is 0.0834. The Hall–Kier alpha value is -3.44. The minimum Gasteiger partial charge on any atom is -0.357 e. The Kier molecular flexibility index (Phi) is 21.8. The van der Waals surface area contributed by atoms with Gasteiger partial charge < -0.3 is 31.6 Å². The van der Waals surface area contributed by atoms with Crippen LogP contribution in [0.15, 0.2) is 12.5 Å². The fourth-order valence-electron chi connectivity index (χ4n) is 5.18. The van der Waals surface area contributed by atoms with Crippen LogP contribution in [-0.2, 0) is 30.4 Å². The van der Waals surface area contributed by atoms with Crippen LogP contribution in [0.1, 0.15) is 130 Å². The minimum atomic E-state index is -0.941. The number of nitrogens with zero attached hydrogens (tertiary/aromatic N) is 1. The lowest BCUT2D eigenvalue weighted by atomic mass is 9.97. The molecule has 1 heterocycles. The summed E-state index contributed by atoms with van der Waals surface area (Å²) in [6.45, 7) is 7.21. The van der Waals surface area contributed by atoms with Crippen molar-refractivity contribution in [2.45, 2.75) is 149 Å². The van der Waals surface area contributed by atoms with E-state index in [-0.39, 0.29) is 24.8 Å². The third-order valence-electron chi connectivity index (χ3n) is 8.36. The number of carbonyl (C=O) groups is 5. The van der Waals surface area contributed by atoms with Gasteiger partial charge >= 0.3 is 0 Å². The van der Waals surface area contributed by atoms with Gasteiger partial charge in [0.2, 0.25) is 29.5 Å². The monoisotopic (exact) mass is 647 g/mol. The summed E-state index contributed by atoms with van der Waals surface area (Å²) in [7, 11) is 1.47. The van der Waals surface area contributed by atoms with Crippen LogP contribution in [0, 0.1) is 5.92 Å². The highest BCUT2D eigenvalue weighted by molar-refractivity contribution is 5.94. The number of likely N-dealkylation sites (N-methyl/N-ethyl adjacent to an activating group) is 1. The van der Waals surface area contributed by atoms with Gasteiger partial charge in [-0.05, 0) is 19.3 Å². The summed E-state index contributed by atoms with van der Waals surface area (Å²) in [5, 5.41) is 13.1. The van der Waals surface area contributed by atoms with Gasteiger partial charge in [0.15, 0.2) is 0 Å². The highest BCUT2D eigenvalue weighted by Gasteiger charge is 2.28. The molecule has 0 saturated carbocycles. The first-order chi connectivity index (χ1) is 22.1. The molecule has 0 aliphatic carbocycles. The van der Waals surface area contributed by atoms with Crippen LogP contribution < -0.4 is 26.6 Å². The van der Waals surface area contributed by atoms with Crippen LogP contribution in [0.25, 0.3) is 0 Å². The van der Waals surface area contributed by atoms with Gasteiger partial charge in [0, 0.05) is 26.1 Å². The van der Waals surface area contributed by atoms with Gasteiger partial charge in [-0.25, -0.2) is 4.98 Å². The summed E-state index contributed by atoms with van der Waals surface area (Å²) in [4.78, 5) is 70.0. The number of hydrogen-bond acceptors (Lipinski definition) is 6. The maximum absolute atomic E-state index is 13.1. The van der Waals surface area contributed by atoms with Crippen LogP contribution in [0.5, 0.6) is 0 Å². The number of nitrogens with one attached hydrogen (secondary N) is 6. The molecular formula is C34H61N7O5. The molecule has 262 valence electrons. The lowest BCUT2D eigenvalue weighted by molar-refractivity contribution is -0.133. The molecule has 0 fully saturated rings. The predicted molar refractivity (Wildman–Crippen MR) is 181 cm³/mol. The summed E-state index contributed by atoms with van der Waals surface area (Å²) in [5.41, 5.74) is 0.599. The van der Waals surface area contributed by atoms with Gasteiger partial charge in [0.25, 0.3) is 0 Å². The number of carbonyl (C=O) groups excluding carboxylic acids is 5. The van der Waals surface area contributed by atoms with Gasteiger partial charge in [0.1, 0.15) is 18.1 Å². The van der Waals surface area contributed by atoms with E-state index in [0.717, 1.165) is 19.3 Å². The lowest BCUT2D eigenvalue weighted by Crippen LogP contribution is -2.55. The number of imidazole rings is 1. The molecular weight excluding hydrogens is 586 g/mol. The first-order valence-corrected chi connectivity index (χ1v) is 17.5. The Morgan fingerprint density at radius 1 is 0.739 bits per heavy atom. The van der Waals surface area contributed by atoms with Crippen LogP contribution in [-0.4, -0.2) is 71.2 Å². The molecule has 5 amide bonds. The predicted octanol–water partition coefficient (Wildman–Crippen LogP) is 3.82. The van der Waals surface area contributed by atoms with Crippen molar-refractivity contribution in [1.82, 2.24) is 36.6 Å². The normalized spacial score (nSPS) is 13.6. The standard InChI is InChI=1S/C34H61N7O5/c1-6-8-9-10-11-12-13-14-15-16-17-18-19-20-29(42)41-31(25(3)7-2)34(46)39-26(4)32(44)37-23-30(43)40-28(33(45)35-5)21-27-22-36-24-38-27/h22,24-26,28,31H,6-21,23H2,1-5H3,(H,35,45)(H,36,38)(H,37,44)(H,39,46)(H,40,43)(H,41,42)/t25-,26-,28-,31-/m0/s1. The van der Waals surface area contributed by atoms with E-state index >= 15 is 0 Å². The Labute approximate surface area is 276 Å². The Morgan fingerprint density at radius 3 is 1.85 bits per heavy atom. The van der Waals surface area contributed by atoms with Crippen LogP contribution in [0.2, 0.25) is 0 Å². The van der Waals surface area contributed by atoms with Crippen LogP contribution in [0.3, 0.4) is 0 Å². The van der Waals surface area contributed by atoms with Gasteiger partial charge in [0.05, 0.1) is 18.6 Å². The van der Waals surface area contributed by atoms with E-state index in [1.807, 2.05) is 13.8 Å². The highest BCUT2D eigenvalue weighted by Crippen LogP contribution is 2.14. The molecule has 4 atom stereocenters. The number of aromatic amines is 1. The summed E-state index contributed by atoms with van der Waals surface area (Å²) < 4.78 is 0. The van der Waals surface area contributed by atoms with E-state index in [1.165, 1.54) is 84.5 Å². The molecule has 46 heavy (non-hydrogen) atoms. The van der Waals surface area contributed by atoms with Crippen molar-refractivity contribution in [3.8, 4) is 0 Å². The molecule has 12 heteroatoms. The number of unbranched alkanes of at least 4 members (excludes halogenated alkanes) is 12. The molecule has 0 unspecified atom stereocenters. The zero-order valence-electron chi connectivity index (χ0n) is 29.0. The summed E-state index contributed by atoms with van der Waals surface area (Å²) >= 11 is 0.